The van der Waals surface area contributed by atoms with Crippen molar-refractivity contribution in [2.24, 2.45) is 0 Å². The van der Waals surface area contributed by atoms with E-state index in [1.54, 1.807) is 0 Å². The van der Waals surface area contributed by atoms with Crippen molar-refractivity contribution in [3.63, 3.8) is 0 Å². The van der Waals surface area contributed by atoms with Gasteiger partial charge < -0.3 is 14.6 Å². The van der Waals surface area contributed by atoms with Gasteiger partial charge in [-0.15, -0.1) is 0 Å². The Hall–Kier alpha value is -0.740. The van der Waals surface area contributed by atoms with Crippen LogP contribution in [0.1, 0.15) is 18.4 Å². The minimum Gasteiger partial charge on any atom is -0.395 e. The van der Waals surface area contributed by atoms with E-state index in [1.165, 1.54) is 31.5 Å². The predicted octanol–water partition coefficient (Wildman–Crippen LogP) is 3.58. The molecule has 0 aliphatic carbocycles. The first-order valence-corrected chi connectivity index (χ1v) is 8.25. The zero-order chi connectivity index (χ0) is 14.8. The molecule has 1 fully saturated rings. The molecule has 0 unspecified atom stereocenters. The molecule has 1 aromatic carbocycles. The summed E-state index contributed by atoms with van der Waals surface area (Å²) in [5.41, 5.74) is 2.22. The Labute approximate surface area is 135 Å². The molecular weight excluding hydrogens is 307 g/mol. The van der Waals surface area contributed by atoms with Crippen LogP contribution in [0.3, 0.4) is 0 Å². The minimum atomic E-state index is 0.0954. The number of likely N-dealkylation sites (tertiary alicyclic amines) is 1. The third kappa shape index (κ3) is 3.07. The molecule has 114 valence electrons. The summed E-state index contributed by atoms with van der Waals surface area (Å²) in [6, 6.07) is 3.89. The van der Waals surface area contributed by atoms with Crippen molar-refractivity contribution in [3.05, 3.63) is 33.9 Å². The molecule has 1 aromatic heterocycles. The number of hydrogen-bond acceptors (Lipinski definition) is 2. The first kappa shape index (κ1) is 15.2. The normalized spacial score (nSPS) is 16.1. The number of nitrogens with zero attached hydrogens (tertiary/aromatic N) is 2. The standard InChI is InChI=1S/C16H20Cl2N2O/c17-14-4-3-13-12(5-8-19-6-1-2-7-19)11-20(9-10-21)16(13)15(14)18/h3-4,11,21H,1-2,5-10H2. The number of benzene rings is 1. The van der Waals surface area contributed by atoms with Crippen LogP contribution < -0.4 is 0 Å². The summed E-state index contributed by atoms with van der Waals surface area (Å²) >= 11 is 12.5. The lowest BCUT2D eigenvalue weighted by molar-refractivity contribution is 0.278. The third-order valence-corrected chi connectivity index (χ3v) is 5.05. The molecule has 0 amide bonds. The van der Waals surface area contributed by atoms with Crippen LogP contribution in [0.2, 0.25) is 10.0 Å². The molecule has 1 aliphatic rings. The lowest BCUT2D eigenvalue weighted by Crippen LogP contribution is -2.21. The quantitative estimate of drug-likeness (QED) is 0.909. The molecule has 0 radical (unpaired) electrons. The van der Waals surface area contributed by atoms with Crippen LogP contribution in [0, 0.1) is 0 Å². The SMILES string of the molecule is OCCn1cc(CCN2CCCC2)c2ccc(Cl)c(Cl)c21. The maximum absolute atomic E-state index is 9.25. The lowest BCUT2D eigenvalue weighted by atomic mass is 10.1. The van der Waals surface area contributed by atoms with Crippen molar-refractivity contribution in [2.45, 2.75) is 25.8 Å². The number of aliphatic hydroxyl groups is 1. The second kappa shape index (κ2) is 6.57. The maximum Gasteiger partial charge on any atom is 0.0835 e. The Balaban J connectivity index is 1.92. The summed E-state index contributed by atoms with van der Waals surface area (Å²) in [4.78, 5) is 2.51. The van der Waals surface area contributed by atoms with Crippen molar-refractivity contribution in [1.29, 1.82) is 0 Å². The second-order valence-electron chi connectivity index (χ2n) is 5.63. The Morgan fingerprint density at radius 3 is 2.57 bits per heavy atom. The van der Waals surface area contributed by atoms with Gasteiger partial charge in [0.05, 0.1) is 22.2 Å². The van der Waals surface area contributed by atoms with Crippen molar-refractivity contribution in [1.82, 2.24) is 9.47 Å². The van der Waals surface area contributed by atoms with Gasteiger partial charge in [-0.2, -0.15) is 0 Å². The molecule has 0 spiro atoms. The fourth-order valence-corrected chi connectivity index (χ4v) is 3.60. The van der Waals surface area contributed by atoms with Crippen LogP contribution in [0.5, 0.6) is 0 Å². The molecule has 0 bridgehead atoms. The van der Waals surface area contributed by atoms with Gasteiger partial charge in [0.2, 0.25) is 0 Å². The van der Waals surface area contributed by atoms with Crippen LogP contribution in [-0.4, -0.2) is 40.8 Å². The molecule has 2 heterocycles. The molecule has 0 atom stereocenters. The van der Waals surface area contributed by atoms with Crippen molar-refractivity contribution in [2.75, 3.05) is 26.2 Å². The fourth-order valence-electron chi connectivity index (χ4n) is 3.17. The highest BCUT2D eigenvalue weighted by molar-refractivity contribution is 6.45. The predicted molar refractivity (Wildman–Crippen MR) is 88.4 cm³/mol. The monoisotopic (exact) mass is 326 g/mol. The smallest absolute Gasteiger partial charge is 0.0835 e. The largest absolute Gasteiger partial charge is 0.395 e. The molecule has 2 aromatic rings. The van der Waals surface area contributed by atoms with Crippen LogP contribution in [0.25, 0.3) is 10.9 Å². The van der Waals surface area contributed by atoms with Gasteiger partial charge in [0.15, 0.2) is 0 Å². The number of hydrogen-bond donors (Lipinski definition) is 1. The Morgan fingerprint density at radius 1 is 1.10 bits per heavy atom. The summed E-state index contributed by atoms with van der Waals surface area (Å²) in [6.07, 6.45) is 5.74. The molecule has 0 saturated carbocycles. The molecule has 1 saturated heterocycles. The van der Waals surface area contributed by atoms with Gasteiger partial charge >= 0.3 is 0 Å². The van der Waals surface area contributed by atoms with E-state index in [4.69, 9.17) is 23.2 Å². The zero-order valence-corrected chi connectivity index (χ0v) is 13.5. The van der Waals surface area contributed by atoms with Gasteiger partial charge in [-0.3, -0.25) is 0 Å². The molecule has 21 heavy (non-hydrogen) atoms. The van der Waals surface area contributed by atoms with E-state index in [9.17, 15) is 5.11 Å². The van der Waals surface area contributed by atoms with E-state index >= 15 is 0 Å². The second-order valence-corrected chi connectivity index (χ2v) is 6.41. The van der Waals surface area contributed by atoms with E-state index in [0.29, 0.717) is 16.6 Å². The van der Waals surface area contributed by atoms with Gasteiger partial charge in [-0.05, 0) is 44.0 Å². The number of aromatic nitrogens is 1. The Morgan fingerprint density at radius 2 is 1.86 bits per heavy atom. The average molecular weight is 327 g/mol. The average Bonchev–Trinajstić information content (AvgIpc) is 3.09. The summed E-state index contributed by atoms with van der Waals surface area (Å²) < 4.78 is 2.02. The van der Waals surface area contributed by atoms with E-state index in [2.05, 4.69) is 11.1 Å². The molecule has 5 heteroatoms. The van der Waals surface area contributed by atoms with Crippen molar-refractivity contribution < 1.29 is 5.11 Å². The molecule has 1 aliphatic heterocycles. The molecule has 3 nitrogen and oxygen atoms in total. The minimum absolute atomic E-state index is 0.0954. The van der Waals surface area contributed by atoms with E-state index in [0.717, 1.165) is 23.9 Å². The van der Waals surface area contributed by atoms with Gasteiger partial charge in [-0.25, -0.2) is 0 Å². The van der Waals surface area contributed by atoms with E-state index < -0.39 is 0 Å². The summed E-state index contributed by atoms with van der Waals surface area (Å²) in [5.74, 6) is 0. The van der Waals surface area contributed by atoms with Crippen LogP contribution >= 0.6 is 23.2 Å². The van der Waals surface area contributed by atoms with Gasteiger partial charge in [0.25, 0.3) is 0 Å². The van der Waals surface area contributed by atoms with Gasteiger partial charge in [0.1, 0.15) is 0 Å². The van der Waals surface area contributed by atoms with Crippen LogP contribution in [-0.2, 0) is 13.0 Å². The number of halogens is 2. The number of fused-ring (bicyclic) bond motifs is 1. The summed E-state index contributed by atoms with van der Waals surface area (Å²) in [7, 11) is 0. The summed E-state index contributed by atoms with van der Waals surface area (Å²) in [6.45, 7) is 4.14. The zero-order valence-electron chi connectivity index (χ0n) is 12.0. The third-order valence-electron chi connectivity index (χ3n) is 4.25. The highest BCUT2D eigenvalue weighted by Crippen LogP contribution is 2.34. The van der Waals surface area contributed by atoms with E-state index in [-0.39, 0.29) is 6.61 Å². The van der Waals surface area contributed by atoms with Gasteiger partial charge in [0, 0.05) is 24.7 Å². The van der Waals surface area contributed by atoms with Crippen LogP contribution in [0.4, 0.5) is 0 Å². The molecule has 3 rings (SSSR count). The Kier molecular flexibility index (Phi) is 4.75. The molecule has 1 N–H and O–H groups in total. The van der Waals surface area contributed by atoms with Crippen molar-refractivity contribution in [3.8, 4) is 0 Å². The van der Waals surface area contributed by atoms with Gasteiger partial charge in [-0.1, -0.05) is 29.3 Å². The first-order chi connectivity index (χ1) is 10.2. The molecular formula is C16H20Cl2N2O. The summed E-state index contributed by atoms with van der Waals surface area (Å²) in [5, 5.41) is 11.5. The van der Waals surface area contributed by atoms with Crippen LogP contribution in [0.15, 0.2) is 18.3 Å². The lowest BCUT2D eigenvalue weighted by Gasteiger charge is -2.13. The number of rotatable bonds is 5. The fraction of sp³-hybridized carbons (Fsp3) is 0.500. The highest BCUT2D eigenvalue weighted by atomic mass is 35.5. The first-order valence-electron chi connectivity index (χ1n) is 7.49. The maximum atomic E-state index is 9.25. The van der Waals surface area contributed by atoms with E-state index in [1.807, 2.05) is 16.7 Å². The Bertz CT molecular complexity index is 633. The number of aliphatic hydroxyl groups excluding tert-OH is 1. The topological polar surface area (TPSA) is 28.4 Å². The highest BCUT2D eigenvalue weighted by Gasteiger charge is 2.16. The van der Waals surface area contributed by atoms with Crippen molar-refractivity contribution >= 4 is 34.1 Å².